The number of aryl methyl sites for hydroxylation is 2. The number of rotatable bonds is 5. The van der Waals surface area contributed by atoms with Gasteiger partial charge in [0.15, 0.2) is 6.61 Å². The van der Waals surface area contributed by atoms with E-state index < -0.39 is 0 Å². The monoisotopic (exact) mass is 297 g/mol. The van der Waals surface area contributed by atoms with Gasteiger partial charge in [-0.3, -0.25) is 4.79 Å². The molecule has 0 aromatic heterocycles. The van der Waals surface area contributed by atoms with Gasteiger partial charge in [-0.05, 0) is 49.1 Å². The third-order valence-electron chi connectivity index (χ3n) is 4.00. The van der Waals surface area contributed by atoms with Crippen LogP contribution < -0.4 is 4.74 Å². The van der Waals surface area contributed by atoms with Crippen molar-refractivity contribution in [3.05, 3.63) is 64.7 Å². The highest BCUT2D eigenvalue weighted by molar-refractivity contribution is 5.77. The summed E-state index contributed by atoms with van der Waals surface area (Å²) in [5.74, 6) is 0.752. The van der Waals surface area contributed by atoms with Gasteiger partial charge in [0.25, 0.3) is 5.91 Å². The summed E-state index contributed by atoms with van der Waals surface area (Å²) in [4.78, 5) is 13.9. The molecule has 0 aliphatic rings. The van der Waals surface area contributed by atoms with Crippen LogP contribution in [0.3, 0.4) is 0 Å². The SMILES string of the molecule is Cc1ccccc1CN(C)C(=O)COc1cccc(C)c1C. The summed E-state index contributed by atoms with van der Waals surface area (Å²) in [7, 11) is 1.81. The van der Waals surface area contributed by atoms with Gasteiger partial charge >= 0.3 is 0 Å². The van der Waals surface area contributed by atoms with E-state index in [2.05, 4.69) is 13.0 Å². The third kappa shape index (κ3) is 3.88. The van der Waals surface area contributed by atoms with Crippen molar-refractivity contribution >= 4 is 5.91 Å². The fourth-order valence-electron chi connectivity index (χ4n) is 2.26. The smallest absolute Gasteiger partial charge is 0.260 e. The van der Waals surface area contributed by atoms with Gasteiger partial charge in [0.05, 0.1) is 0 Å². The number of amides is 1. The second-order valence-corrected chi connectivity index (χ2v) is 5.66. The Morgan fingerprint density at radius 3 is 2.41 bits per heavy atom. The third-order valence-corrected chi connectivity index (χ3v) is 4.00. The van der Waals surface area contributed by atoms with Crippen LogP contribution in [0.1, 0.15) is 22.3 Å². The van der Waals surface area contributed by atoms with Gasteiger partial charge in [-0.25, -0.2) is 0 Å². The summed E-state index contributed by atoms with van der Waals surface area (Å²) in [6.45, 7) is 6.76. The molecular weight excluding hydrogens is 274 g/mol. The van der Waals surface area contributed by atoms with E-state index in [1.807, 2.05) is 50.2 Å². The molecule has 0 bridgehead atoms. The van der Waals surface area contributed by atoms with Crippen LogP contribution in [-0.4, -0.2) is 24.5 Å². The molecule has 0 saturated heterocycles. The Hall–Kier alpha value is -2.29. The van der Waals surface area contributed by atoms with Gasteiger partial charge < -0.3 is 9.64 Å². The molecule has 1 amide bonds. The molecular formula is C19H23NO2. The first kappa shape index (κ1) is 16.1. The van der Waals surface area contributed by atoms with Crippen LogP contribution in [0.5, 0.6) is 5.75 Å². The van der Waals surface area contributed by atoms with Crippen LogP contribution in [0.4, 0.5) is 0 Å². The number of ether oxygens (including phenoxy) is 1. The number of carbonyl (C=O) groups is 1. The van der Waals surface area contributed by atoms with Crippen molar-refractivity contribution in [1.29, 1.82) is 0 Å². The van der Waals surface area contributed by atoms with Gasteiger partial charge in [-0.1, -0.05) is 36.4 Å². The molecule has 22 heavy (non-hydrogen) atoms. The maximum Gasteiger partial charge on any atom is 0.260 e. The van der Waals surface area contributed by atoms with Crippen molar-refractivity contribution < 1.29 is 9.53 Å². The summed E-state index contributed by atoms with van der Waals surface area (Å²) >= 11 is 0. The largest absolute Gasteiger partial charge is 0.483 e. The zero-order valence-corrected chi connectivity index (χ0v) is 13.7. The van der Waals surface area contributed by atoms with Crippen LogP contribution in [-0.2, 0) is 11.3 Å². The number of nitrogens with zero attached hydrogens (tertiary/aromatic N) is 1. The van der Waals surface area contributed by atoms with Gasteiger partial charge in [-0.15, -0.1) is 0 Å². The molecule has 3 nitrogen and oxygen atoms in total. The fourth-order valence-corrected chi connectivity index (χ4v) is 2.26. The van der Waals surface area contributed by atoms with Crippen LogP contribution in [0, 0.1) is 20.8 Å². The summed E-state index contributed by atoms with van der Waals surface area (Å²) in [6, 6.07) is 14.0. The first-order chi connectivity index (χ1) is 10.5. The molecule has 3 heteroatoms. The van der Waals surface area contributed by atoms with E-state index in [9.17, 15) is 4.79 Å². The molecule has 2 aromatic rings. The number of benzene rings is 2. The van der Waals surface area contributed by atoms with Crippen molar-refractivity contribution in [1.82, 2.24) is 4.90 Å². The second-order valence-electron chi connectivity index (χ2n) is 5.66. The molecule has 0 aliphatic heterocycles. The predicted molar refractivity (Wildman–Crippen MR) is 89.1 cm³/mol. The minimum atomic E-state index is -0.0239. The fraction of sp³-hybridized carbons (Fsp3) is 0.316. The number of carbonyl (C=O) groups excluding carboxylic acids is 1. The first-order valence-corrected chi connectivity index (χ1v) is 7.46. The van der Waals surface area contributed by atoms with Gasteiger partial charge in [0, 0.05) is 13.6 Å². The van der Waals surface area contributed by atoms with Crippen LogP contribution in [0.2, 0.25) is 0 Å². The van der Waals surface area contributed by atoms with E-state index in [1.165, 1.54) is 11.1 Å². The van der Waals surface area contributed by atoms with E-state index >= 15 is 0 Å². The quantitative estimate of drug-likeness (QED) is 0.843. The molecule has 0 heterocycles. The second kappa shape index (κ2) is 7.12. The van der Waals surface area contributed by atoms with Crippen molar-refractivity contribution in [2.75, 3.05) is 13.7 Å². The Bertz CT molecular complexity index is 664. The van der Waals surface area contributed by atoms with Gasteiger partial charge in [0.1, 0.15) is 5.75 Å². The highest BCUT2D eigenvalue weighted by Gasteiger charge is 2.12. The Kier molecular flexibility index (Phi) is 5.21. The lowest BCUT2D eigenvalue weighted by atomic mass is 10.1. The number of hydrogen-bond acceptors (Lipinski definition) is 2. The Balaban J connectivity index is 1.94. The van der Waals surface area contributed by atoms with E-state index in [-0.39, 0.29) is 12.5 Å². The average molecular weight is 297 g/mol. The summed E-state index contributed by atoms with van der Waals surface area (Å²) in [5.41, 5.74) is 4.60. The minimum absolute atomic E-state index is 0.0239. The molecule has 0 spiro atoms. The van der Waals surface area contributed by atoms with Gasteiger partial charge in [-0.2, -0.15) is 0 Å². The molecule has 2 aromatic carbocycles. The highest BCUT2D eigenvalue weighted by atomic mass is 16.5. The number of likely N-dealkylation sites (N-methyl/N-ethyl adjacent to an activating group) is 1. The standard InChI is InChI=1S/C19H23NO2/c1-14-9-7-11-18(16(14)3)22-13-19(21)20(4)12-17-10-6-5-8-15(17)2/h5-11H,12-13H2,1-4H3. The molecule has 0 atom stereocenters. The molecule has 0 fully saturated rings. The zero-order chi connectivity index (χ0) is 16.1. The Morgan fingerprint density at radius 1 is 1.00 bits per heavy atom. The van der Waals surface area contributed by atoms with E-state index in [1.54, 1.807) is 11.9 Å². The van der Waals surface area contributed by atoms with E-state index in [0.717, 1.165) is 16.9 Å². The van der Waals surface area contributed by atoms with Crippen molar-refractivity contribution in [3.8, 4) is 5.75 Å². The van der Waals surface area contributed by atoms with Crippen molar-refractivity contribution in [2.45, 2.75) is 27.3 Å². The van der Waals surface area contributed by atoms with Crippen LogP contribution in [0.15, 0.2) is 42.5 Å². The molecule has 2 rings (SSSR count). The molecule has 0 N–H and O–H groups in total. The average Bonchev–Trinajstić information content (AvgIpc) is 2.50. The maximum absolute atomic E-state index is 12.2. The van der Waals surface area contributed by atoms with E-state index in [0.29, 0.717) is 6.54 Å². The zero-order valence-electron chi connectivity index (χ0n) is 13.7. The van der Waals surface area contributed by atoms with Gasteiger partial charge in [0.2, 0.25) is 0 Å². The lowest BCUT2D eigenvalue weighted by molar-refractivity contribution is -0.132. The number of hydrogen-bond donors (Lipinski definition) is 0. The Labute approximate surface area is 132 Å². The first-order valence-electron chi connectivity index (χ1n) is 7.46. The topological polar surface area (TPSA) is 29.5 Å². The summed E-state index contributed by atoms with van der Waals surface area (Å²) in [6.07, 6.45) is 0. The molecule has 0 aliphatic carbocycles. The van der Waals surface area contributed by atoms with Crippen LogP contribution >= 0.6 is 0 Å². The van der Waals surface area contributed by atoms with Crippen molar-refractivity contribution in [3.63, 3.8) is 0 Å². The highest BCUT2D eigenvalue weighted by Crippen LogP contribution is 2.20. The Morgan fingerprint density at radius 2 is 1.68 bits per heavy atom. The summed E-state index contributed by atoms with van der Waals surface area (Å²) < 4.78 is 5.68. The molecule has 0 saturated carbocycles. The molecule has 0 radical (unpaired) electrons. The normalized spacial score (nSPS) is 10.4. The summed E-state index contributed by atoms with van der Waals surface area (Å²) in [5, 5.41) is 0. The maximum atomic E-state index is 12.2. The van der Waals surface area contributed by atoms with Crippen LogP contribution in [0.25, 0.3) is 0 Å². The van der Waals surface area contributed by atoms with E-state index in [4.69, 9.17) is 4.74 Å². The lowest BCUT2D eigenvalue weighted by Gasteiger charge is -2.19. The molecule has 116 valence electrons. The lowest BCUT2D eigenvalue weighted by Crippen LogP contribution is -2.31. The molecule has 0 unspecified atom stereocenters. The predicted octanol–water partition coefficient (Wildman–Crippen LogP) is 3.65. The minimum Gasteiger partial charge on any atom is -0.483 e. The van der Waals surface area contributed by atoms with Crippen molar-refractivity contribution in [2.24, 2.45) is 0 Å².